The van der Waals surface area contributed by atoms with E-state index in [1.807, 2.05) is 27.7 Å². The van der Waals surface area contributed by atoms with Crippen LogP contribution in [0.1, 0.15) is 50.5 Å². The Labute approximate surface area is 184 Å². The summed E-state index contributed by atoms with van der Waals surface area (Å²) in [5.41, 5.74) is 7.89. The van der Waals surface area contributed by atoms with Gasteiger partial charge in [-0.15, -0.1) is 11.3 Å². The van der Waals surface area contributed by atoms with E-state index in [1.54, 1.807) is 29.2 Å². The van der Waals surface area contributed by atoms with Crippen LogP contribution in [0.4, 0.5) is 5.69 Å². The number of carbonyl (C=O) groups excluding carboxylic acids is 3. The third-order valence-corrected chi connectivity index (χ3v) is 6.18. The summed E-state index contributed by atoms with van der Waals surface area (Å²) >= 11 is 1.36. The first-order valence-corrected chi connectivity index (χ1v) is 10.8. The largest absolute Gasteiger partial charge is 0.366 e. The molecule has 3 rings (SSSR count). The van der Waals surface area contributed by atoms with Gasteiger partial charge in [-0.3, -0.25) is 14.4 Å². The molecule has 31 heavy (non-hydrogen) atoms. The van der Waals surface area contributed by atoms with Crippen LogP contribution in [0.3, 0.4) is 0 Å². The normalized spacial score (nSPS) is 10.8. The van der Waals surface area contributed by atoms with E-state index in [0.717, 1.165) is 21.5 Å². The quantitative estimate of drug-likeness (QED) is 0.586. The molecule has 0 saturated heterocycles. The van der Waals surface area contributed by atoms with Crippen molar-refractivity contribution in [2.45, 2.75) is 34.1 Å². The molecule has 2 aromatic heterocycles. The molecule has 0 aliphatic rings. The zero-order valence-corrected chi connectivity index (χ0v) is 18.8. The number of fused-ring (bicyclic) bond motifs is 1. The Morgan fingerprint density at radius 3 is 2.39 bits per heavy atom. The lowest BCUT2D eigenvalue weighted by Gasteiger charge is -2.20. The summed E-state index contributed by atoms with van der Waals surface area (Å²) < 4.78 is 0. The highest BCUT2D eigenvalue weighted by Gasteiger charge is 2.23. The number of amides is 3. The van der Waals surface area contributed by atoms with Gasteiger partial charge in [0, 0.05) is 41.8 Å². The summed E-state index contributed by atoms with van der Waals surface area (Å²) in [5.74, 6) is -0.178. The van der Waals surface area contributed by atoms with Gasteiger partial charge in [0.2, 0.25) is 11.8 Å². The molecule has 0 aliphatic carbocycles. The lowest BCUT2D eigenvalue weighted by atomic mass is 10.1. The molecule has 3 aromatic rings. The molecule has 0 aliphatic heterocycles. The van der Waals surface area contributed by atoms with E-state index >= 15 is 0 Å². The Kier molecular flexibility index (Phi) is 6.65. The fraction of sp³-hybridized carbons (Fsp3) is 0.318. The number of nitrogens with one attached hydrogen (secondary N) is 1. The Hall–Kier alpha value is -3.33. The minimum absolute atomic E-state index is 0.112. The number of anilines is 1. The van der Waals surface area contributed by atoms with Crippen LogP contribution in [0.25, 0.3) is 10.2 Å². The Bertz CT molecular complexity index is 1150. The van der Waals surface area contributed by atoms with Crippen LogP contribution in [-0.2, 0) is 4.79 Å². The number of nitrogens with zero attached hydrogens (tertiary/aromatic N) is 3. The summed E-state index contributed by atoms with van der Waals surface area (Å²) in [6.45, 7) is 8.32. The van der Waals surface area contributed by atoms with Crippen molar-refractivity contribution in [3.05, 3.63) is 51.8 Å². The van der Waals surface area contributed by atoms with Gasteiger partial charge in [0.05, 0.1) is 4.88 Å². The predicted octanol–water partition coefficient (Wildman–Crippen LogP) is 3.21. The number of hydrogen-bond donors (Lipinski definition) is 2. The van der Waals surface area contributed by atoms with Crippen molar-refractivity contribution < 1.29 is 14.4 Å². The fourth-order valence-corrected chi connectivity index (χ4v) is 4.65. The van der Waals surface area contributed by atoms with Crippen molar-refractivity contribution in [3.63, 3.8) is 0 Å². The van der Waals surface area contributed by atoms with Gasteiger partial charge in [0.25, 0.3) is 5.91 Å². The number of nitrogens with two attached hydrogens (primary N) is 1. The van der Waals surface area contributed by atoms with Gasteiger partial charge in [-0.2, -0.15) is 0 Å². The third kappa shape index (κ3) is 4.88. The van der Waals surface area contributed by atoms with Gasteiger partial charge < -0.3 is 16.0 Å². The van der Waals surface area contributed by atoms with Gasteiger partial charge in [-0.25, -0.2) is 9.97 Å². The standard InChI is InChI=1S/C22H25N5O3S/c1-5-27(11-10-17(28)26-16-8-6-15(7-9-16)20(23)29)22(30)19-12(2)18-13(3)24-14(4)25-21(18)31-19/h6-9H,5,10-11H2,1-4H3,(H2,23,29)(H,26,28). The van der Waals surface area contributed by atoms with Crippen LogP contribution in [0.5, 0.6) is 0 Å². The van der Waals surface area contributed by atoms with E-state index in [-0.39, 0.29) is 24.8 Å². The monoisotopic (exact) mass is 439 g/mol. The maximum absolute atomic E-state index is 13.1. The molecule has 0 atom stereocenters. The predicted molar refractivity (Wildman–Crippen MR) is 121 cm³/mol. The minimum atomic E-state index is -0.525. The second kappa shape index (κ2) is 9.22. The van der Waals surface area contributed by atoms with Gasteiger partial charge in [-0.1, -0.05) is 0 Å². The molecule has 1 aromatic carbocycles. The van der Waals surface area contributed by atoms with E-state index in [4.69, 9.17) is 5.73 Å². The van der Waals surface area contributed by atoms with Crippen molar-refractivity contribution >= 4 is 45.0 Å². The highest BCUT2D eigenvalue weighted by atomic mass is 32.1. The van der Waals surface area contributed by atoms with Gasteiger partial charge in [0.15, 0.2) is 0 Å². The third-order valence-electron chi connectivity index (χ3n) is 5.01. The molecule has 0 spiro atoms. The van der Waals surface area contributed by atoms with Crippen LogP contribution < -0.4 is 11.1 Å². The van der Waals surface area contributed by atoms with Crippen LogP contribution in [0.15, 0.2) is 24.3 Å². The number of hydrogen-bond acceptors (Lipinski definition) is 6. The summed E-state index contributed by atoms with van der Waals surface area (Å²) in [4.78, 5) is 48.6. The SMILES string of the molecule is CCN(CCC(=O)Nc1ccc(C(N)=O)cc1)C(=O)c1sc2nc(C)nc(C)c2c1C. The van der Waals surface area contributed by atoms with Crippen molar-refractivity contribution in [2.75, 3.05) is 18.4 Å². The summed E-state index contributed by atoms with van der Waals surface area (Å²) in [5, 5.41) is 3.69. The highest BCUT2D eigenvalue weighted by Crippen LogP contribution is 2.32. The van der Waals surface area contributed by atoms with Crippen LogP contribution in [0.2, 0.25) is 0 Å². The van der Waals surface area contributed by atoms with Crippen LogP contribution in [-0.4, -0.2) is 45.7 Å². The lowest BCUT2D eigenvalue weighted by Crippen LogP contribution is -2.33. The van der Waals surface area contributed by atoms with Crippen molar-refractivity contribution in [3.8, 4) is 0 Å². The van der Waals surface area contributed by atoms with Crippen molar-refractivity contribution in [2.24, 2.45) is 5.73 Å². The zero-order chi connectivity index (χ0) is 22.7. The average molecular weight is 440 g/mol. The molecule has 0 unspecified atom stereocenters. The first kappa shape index (κ1) is 22.4. The number of carbonyl (C=O) groups is 3. The number of aromatic nitrogens is 2. The summed E-state index contributed by atoms with van der Waals surface area (Å²) in [6.07, 6.45) is 0.152. The Morgan fingerprint density at radius 2 is 1.77 bits per heavy atom. The van der Waals surface area contributed by atoms with E-state index < -0.39 is 5.91 Å². The van der Waals surface area contributed by atoms with E-state index in [9.17, 15) is 14.4 Å². The molecule has 8 nitrogen and oxygen atoms in total. The zero-order valence-electron chi connectivity index (χ0n) is 18.0. The molecular weight excluding hydrogens is 414 g/mol. The van der Waals surface area contributed by atoms with Gasteiger partial charge in [0.1, 0.15) is 10.7 Å². The first-order valence-electron chi connectivity index (χ1n) is 9.94. The molecule has 9 heteroatoms. The second-order valence-corrected chi connectivity index (χ2v) is 8.22. The molecule has 162 valence electrons. The van der Waals surface area contributed by atoms with E-state index in [0.29, 0.717) is 28.5 Å². The van der Waals surface area contributed by atoms with Gasteiger partial charge >= 0.3 is 0 Å². The van der Waals surface area contributed by atoms with Crippen molar-refractivity contribution in [1.82, 2.24) is 14.9 Å². The maximum Gasteiger partial charge on any atom is 0.264 e. The molecule has 0 saturated carbocycles. The number of aryl methyl sites for hydroxylation is 3. The molecule has 2 heterocycles. The van der Waals surface area contributed by atoms with Gasteiger partial charge in [-0.05, 0) is 57.5 Å². The topological polar surface area (TPSA) is 118 Å². The smallest absolute Gasteiger partial charge is 0.264 e. The number of benzene rings is 1. The van der Waals surface area contributed by atoms with Crippen LogP contribution >= 0.6 is 11.3 Å². The minimum Gasteiger partial charge on any atom is -0.366 e. The first-order chi connectivity index (χ1) is 14.7. The highest BCUT2D eigenvalue weighted by molar-refractivity contribution is 7.20. The molecular formula is C22H25N5O3S. The molecule has 0 radical (unpaired) electrons. The number of thiophene rings is 1. The Balaban J connectivity index is 1.68. The number of rotatable bonds is 7. The maximum atomic E-state index is 13.1. The van der Waals surface area contributed by atoms with E-state index in [1.165, 1.54) is 11.3 Å². The Morgan fingerprint density at radius 1 is 1.10 bits per heavy atom. The number of primary amides is 1. The molecule has 0 bridgehead atoms. The summed E-state index contributed by atoms with van der Waals surface area (Å²) in [6, 6.07) is 6.34. The lowest BCUT2D eigenvalue weighted by molar-refractivity contribution is -0.116. The second-order valence-electron chi connectivity index (χ2n) is 7.22. The van der Waals surface area contributed by atoms with Crippen LogP contribution in [0, 0.1) is 20.8 Å². The molecule has 3 amide bonds. The van der Waals surface area contributed by atoms with Crippen molar-refractivity contribution in [1.29, 1.82) is 0 Å². The molecule has 3 N–H and O–H groups in total. The van der Waals surface area contributed by atoms with E-state index in [2.05, 4.69) is 15.3 Å². The average Bonchev–Trinajstić information content (AvgIpc) is 3.05. The molecule has 0 fully saturated rings. The fourth-order valence-electron chi connectivity index (χ4n) is 3.40. The summed E-state index contributed by atoms with van der Waals surface area (Å²) in [7, 11) is 0.